The molecule has 4 rings (SSSR count). The first-order valence-corrected chi connectivity index (χ1v) is 10.7. The summed E-state index contributed by atoms with van der Waals surface area (Å²) in [6, 6.07) is 0. The molecule has 1 aliphatic heterocycles. The van der Waals surface area contributed by atoms with E-state index in [0.29, 0.717) is 24.1 Å². The van der Waals surface area contributed by atoms with Gasteiger partial charge in [0.05, 0.1) is 0 Å². The number of anilines is 1. The summed E-state index contributed by atoms with van der Waals surface area (Å²) in [6.45, 7) is 8.63. The van der Waals surface area contributed by atoms with E-state index >= 15 is 0 Å². The first kappa shape index (κ1) is 21.0. The molecule has 3 aromatic rings. The molecule has 3 aromatic heterocycles. The minimum absolute atomic E-state index is 0.0169. The molecule has 0 atom stereocenters. The highest BCUT2D eigenvalue weighted by Gasteiger charge is 2.28. The Morgan fingerprint density at radius 3 is 2.65 bits per heavy atom. The number of carbonyl (C=O) groups is 1. The number of amides is 1. The Balaban J connectivity index is 1.31. The van der Waals surface area contributed by atoms with Crippen LogP contribution in [0.2, 0.25) is 0 Å². The van der Waals surface area contributed by atoms with Crippen molar-refractivity contribution in [2.45, 2.75) is 46.6 Å². The number of aromatic nitrogens is 6. The lowest BCUT2D eigenvalue weighted by Crippen LogP contribution is -2.41. The van der Waals surface area contributed by atoms with Crippen molar-refractivity contribution in [3.8, 4) is 11.5 Å². The Morgan fingerprint density at radius 1 is 1.16 bits per heavy atom. The number of imidazole rings is 1. The average Bonchev–Trinajstić information content (AvgIpc) is 3.39. The van der Waals surface area contributed by atoms with Crippen LogP contribution in [0.4, 0.5) is 5.82 Å². The van der Waals surface area contributed by atoms with Crippen LogP contribution in [0.15, 0.2) is 23.1 Å². The maximum atomic E-state index is 12.6. The van der Waals surface area contributed by atoms with Crippen molar-refractivity contribution in [3.63, 3.8) is 0 Å². The Morgan fingerprint density at radius 2 is 1.97 bits per heavy atom. The molecule has 0 aliphatic carbocycles. The summed E-state index contributed by atoms with van der Waals surface area (Å²) >= 11 is 0. The quantitative estimate of drug-likeness (QED) is 0.573. The topological polar surface area (TPSA) is 115 Å². The molecule has 1 fully saturated rings. The van der Waals surface area contributed by atoms with Crippen LogP contribution in [0.5, 0.6) is 0 Å². The van der Waals surface area contributed by atoms with Crippen molar-refractivity contribution in [2.24, 2.45) is 5.92 Å². The normalized spacial score (nSPS) is 14.7. The predicted molar refractivity (Wildman–Crippen MR) is 114 cm³/mol. The van der Waals surface area contributed by atoms with Crippen LogP contribution in [0.25, 0.3) is 11.5 Å². The number of hydrogen-bond donors (Lipinski definition) is 1. The lowest BCUT2D eigenvalue weighted by Gasteiger charge is -2.32. The summed E-state index contributed by atoms with van der Waals surface area (Å²) in [6.07, 6.45) is 7.92. The monoisotopic (exact) mass is 424 g/mol. The van der Waals surface area contributed by atoms with Crippen LogP contribution < -0.4 is 10.2 Å². The molecule has 10 heteroatoms. The molecule has 0 bridgehead atoms. The Labute approximate surface area is 181 Å². The van der Waals surface area contributed by atoms with Gasteiger partial charge in [-0.2, -0.15) is 4.98 Å². The minimum Gasteiger partial charge on any atom is -0.356 e. The molecule has 1 saturated heterocycles. The maximum absolute atomic E-state index is 12.6. The largest absolute Gasteiger partial charge is 0.356 e. The molecule has 0 saturated carbocycles. The van der Waals surface area contributed by atoms with E-state index in [-0.39, 0.29) is 11.8 Å². The second kappa shape index (κ2) is 9.23. The van der Waals surface area contributed by atoms with Gasteiger partial charge in [0.1, 0.15) is 23.0 Å². The summed E-state index contributed by atoms with van der Waals surface area (Å²) < 4.78 is 7.43. The van der Waals surface area contributed by atoms with Gasteiger partial charge in [-0.3, -0.25) is 4.79 Å². The Hall–Kier alpha value is -3.30. The second-order valence-corrected chi connectivity index (χ2v) is 7.87. The van der Waals surface area contributed by atoms with E-state index in [1.165, 1.54) is 0 Å². The third-order valence-corrected chi connectivity index (χ3v) is 5.61. The SMILES string of the molecule is Cc1noc(-c2cnc(C)nc2N2CCC(C(=O)NCCCn3ccnc3C)CC2)n1. The lowest BCUT2D eigenvalue weighted by atomic mass is 9.95. The molecule has 10 nitrogen and oxygen atoms in total. The smallest absolute Gasteiger partial charge is 0.263 e. The molecule has 31 heavy (non-hydrogen) atoms. The van der Waals surface area contributed by atoms with E-state index in [4.69, 9.17) is 4.52 Å². The van der Waals surface area contributed by atoms with Crippen molar-refractivity contribution in [2.75, 3.05) is 24.5 Å². The molecule has 0 radical (unpaired) electrons. The van der Waals surface area contributed by atoms with Crippen LogP contribution >= 0.6 is 0 Å². The molecule has 0 unspecified atom stereocenters. The molecule has 164 valence electrons. The van der Waals surface area contributed by atoms with E-state index in [0.717, 1.165) is 56.1 Å². The summed E-state index contributed by atoms with van der Waals surface area (Å²) in [5.41, 5.74) is 0.726. The first-order valence-electron chi connectivity index (χ1n) is 10.7. The molecule has 0 spiro atoms. The average molecular weight is 425 g/mol. The van der Waals surface area contributed by atoms with Crippen molar-refractivity contribution in [3.05, 3.63) is 36.1 Å². The van der Waals surface area contributed by atoms with Gasteiger partial charge < -0.3 is 19.3 Å². The van der Waals surface area contributed by atoms with E-state index in [1.807, 2.05) is 20.0 Å². The van der Waals surface area contributed by atoms with Crippen molar-refractivity contribution in [1.82, 2.24) is 35.0 Å². The molecule has 1 N–H and O–H groups in total. The first-order chi connectivity index (χ1) is 15.0. The van der Waals surface area contributed by atoms with Crippen LogP contribution in [0.1, 0.15) is 36.7 Å². The summed E-state index contributed by atoms with van der Waals surface area (Å²) in [5.74, 6) is 3.60. The lowest BCUT2D eigenvalue weighted by molar-refractivity contribution is -0.125. The van der Waals surface area contributed by atoms with Gasteiger partial charge in [0, 0.05) is 50.7 Å². The second-order valence-electron chi connectivity index (χ2n) is 7.87. The van der Waals surface area contributed by atoms with Gasteiger partial charge in [-0.1, -0.05) is 5.16 Å². The fraction of sp³-hybridized carbons (Fsp3) is 0.524. The van der Waals surface area contributed by atoms with E-state index in [1.54, 1.807) is 19.3 Å². The number of nitrogens with zero attached hydrogens (tertiary/aromatic N) is 7. The molecule has 4 heterocycles. The van der Waals surface area contributed by atoms with Gasteiger partial charge in [0.25, 0.3) is 5.89 Å². The van der Waals surface area contributed by atoms with Crippen LogP contribution in [-0.2, 0) is 11.3 Å². The van der Waals surface area contributed by atoms with Crippen LogP contribution in [0, 0.1) is 26.7 Å². The number of carbonyl (C=O) groups excluding carboxylic acids is 1. The predicted octanol–water partition coefficient (Wildman–Crippen LogP) is 2.07. The number of hydrogen-bond acceptors (Lipinski definition) is 8. The fourth-order valence-electron chi connectivity index (χ4n) is 3.86. The van der Waals surface area contributed by atoms with Gasteiger partial charge in [0.15, 0.2) is 5.82 Å². The van der Waals surface area contributed by atoms with Gasteiger partial charge in [0.2, 0.25) is 5.91 Å². The Kier molecular flexibility index (Phi) is 6.24. The van der Waals surface area contributed by atoms with Crippen molar-refractivity contribution >= 4 is 11.7 Å². The van der Waals surface area contributed by atoms with Gasteiger partial charge in [-0.05, 0) is 40.0 Å². The fourth-order valence-corrected chi connectivity index (χ4v) is 3.86. The highest BCUT2D eigenvalue weighted by atomic mass is 16.5. The minimum atomic E-state index is 0.0169. The highest BCUT2D eigenvalue weighted by Crippen LogP contribution is 2.30. The van der Waals surface area contributed by atoms with Crippen LogP contribution in [-0.4, -0.2) is 55.2 Å². The number of nitrogens with one attached hydrogen (secondary N) is 1. The summed E-state index contributed by atoms with van der Waals surface area (Å²) in [5, 5.41) is 6.96. The van der Waals surface area contributed by atoms with Crippen molar-refractivity contribution < 1.29 is 9.32 Å². The third kappa shape index (κ3) is 4.89. The molecular formula is C21H28N8O2. The summed E-state index contributed by atoms with van der Waals surface area (Å²) in [7, 11) is 0. The summed E-state index contributed by atoms with van der Waals surface area (Å²) in [4.78, 5) is 32.2. The molecule has 0 aromatic carbocycles. The molecule has 1 amide bonds. The zero-order chi connectivity index (χ0) is 21.8. The van der Waals surface area contributed by atoms with E-state index in [2.05, 4.69) is 39.9 Å². The number of rotatable bonds is 7. The standard InChI is InChI=1S/C21H28N8O2/c1-14-24-13-18(21-26-15(2)27-31-21)19(25-14)29-10-5-17(6-11-29)20(30)23-7-4-9-28-12-8-22-16(28)3/h8,12-13,17H,4-7,9-11H2,1-3H3,(H,23,30). The maximum Gasteiger partial charge on any atom is 0.263 e. The zero-order valence-electron chi connectivity index (χ0n) is 18.2. The number of aryl methyl sites for hydroxylation is 4. The van der Waals surface area contributed by atoms with Gasteiger partial charge in [-0.15, -0.1) is 0 Å². The highest BCUT2D eigenvalue weighted by molar-refractivity contribution is 5.79. The number of piperidine rings is 1. The van der Waals surface area contributed by atoms with E-state index < -0.39 is 0 Å². The Bertz CT molecular complexity index is 1040. The van der Waals surface area contributed by atoms with Crippen LogP contribution in [0.3, 0.4) is 0 Å². The van der Waals surface area contributed by atoms with Gasteiger partial charge in [-0.25, -0.2) is 15.0 Å². The molecule has 1 aliphatic rings. The van der Waals surface area contributed by atoms with Gasteiger partial charge >= 0.3 is 0 Å². The zero-order valence-corrected chi connectivity index (χ0v) is 18.2. The van der Waals surface area contributed by atoms with Crippen molar-refractivity contribution in [1.29, 1.82) is 0 Å². The third-order valence-electron chi connectivity index (χ3n) is 5.61. The molecular weight excluding hydrogens is 396 g/mol. The van der Waals surface area contributed by atoms with E-state index in [9.17, 15) is 4.79 Å².